The summed E-state index contributed by atoms with van der Waals surface area (Å²) in [5.74, 6) is 0. The monoisotopic (exact) mass is 323 g/mol. The summed E-state index contributed by atoms with van der Waals surface area (Å²) in [5.41, 5.74) is 4.03. The maximum absolute atomic E-state index is 3.65. The van der Waals surface area contributed by atoms with Gasteiger partial charge in [0.15, 0.2) is 0 Å². The molecule has 0 spiro atoms. The Morgan fingerprint density at radius 3 is 2.35 bits per heavy atom. The van der Waals surface area contributed by atoms with Crippen LogP contribution in [0.2, 0.25) is 0 Å². The molecule has 0 fully saturated rings. The fourth-order valence-corrected chi connectivity index (χ4v) is 3.21. The van der Waals surface area contributed by atoms with Gasteiger partial charge in [0.1, 0.15) is 0 Å². The summed E-state index contributed by atoms with van der Waals surface area (Å²) in [6.45, 7) is 0. The maximum atomic E-state index is 3.65. The van der Waals surface area contributed by atoms with Crippen molar-refractivity contribution in [3.8, 4) is 0 Å². The van der Waals surface area contributed by atoms with Crippen LogP contribution in [0.1, 0.15) is 17.2 Å². The Hall–Kier alpha value is -1.80. The van der Waals surface area contributed by atoms with Gasteiger partial charge in [0.05, 0.1) is 6.04 Å². The highest BCUT2D eigenvalue weighted by atomic mass is 79.9. The molecule has 0 aliphatic carbocycles. The van der Waals surface area contributed by atoms with E-state index in [1.807, 2.05) is 0 Å². The summed E-state index contributed by atoms with van der Waals surface area (Å²) in [6, 6.07) is 22.1. The van der Waals surface area contributed by atoms with Crippen molar-refractivity contribution in [2.24, 2.45) is 0 Å². The Morgan fingerprint density at radius 2 is 1.60 bits per heavy atom. The van der Waals surface area contributed by atoms with Crippen molar-refractivity contribution in [1.82, 2.24) is 0 Å². The lowest BCUT2D eigenvalue weighted by atomic mass is 10.0. The minimum atomic E-state index is 0.384. The van der Waals surface area contributed by atoms with E-state index in [1.165, 1.54) is 27.6 Å². The Balaban J connectivity index is 1.72. The summed E-state index contributed by atoms with van der Waals surface area (Å²) < 4.78 is 1.13. The minimum Gasteiger partial charge on any atom is -0.378 e. The predicted molar refractivity (Wildman–Crippen MR) is 88.2 cm³/mol. The van der Waals surface area contributed by atoms with Gasteiger partial charge in [-0.15, -0.1) is 0 Å². The van der Waals surface area contributed by atoms with Crippen molar-refractivity contribution in [2.45, 2.75) is 12.5 Å². The van der Waals surface area contributed by atoms with Crippen LogP contribution in [0.3, 0.4) is 0 Å². The highest BCUT2D eigenvalue weighted by Gasteiger charge is 2.22. The Kier molecular flexibility index (Phi) is 2.78. The maximum Gasteiger partial charge on any atom is 0.0555 e. The third-order valence-corrected chi connectivity index (χ3v) is 4.53. The lowest BCUT2D eigenvalue weighted by Crippen LogP contribution is -2.05. The van der Waals surface area contributed by atoms with Gasteiger partial charge >= 0.3 is 0 Å². The van der Waals surface area contributed by atoms with E-state index in [-0.39, 0.29) is 0 Å². The summed E-state index contributed by atoms with van der Waals surface area (Å²) >= 11 is 3.49. The summed E-state index contributed by atoms with van der Waals surface area (Å²) in [6.07, 6.45) is 1.06. The second-order valence-electron chi connectivity index (χ2n) is 5.31. The molecule has 1 unspecified atom stereocenters. The van der Waals surface area contributed by atoms with Gasteiger partial charge in [-0.1, -0.05) is 52.3 Å². The standard InChI is InChI=1S/C18H14BrN/c19-16-7-5-12(6-8-16)17-11-15-9-13-3-1-2-4-14(13)10-18(15)20-17/h1-10,17,20H,11H2. The van der Waals surface area contributed by atoms with Crippen LogP contribution < -0.4 is 5.32 Å². The van der Waals surface area contributed by atoms with Crippen LogP contribution in [0.4, 0.5) is 5.69 Å². The van der Waals surface area contributed by atoms with E-state index in [0.29, 0.717) is 6.04 Å². The second-order valence-corrected chi connectivity index (χ2v) is 6.22. The zero-order valence-corrected chi connectivity index (χ0v) is 12.5. The Labute approximate surface area is 126 Å². The molecule has 0 saturated heterocycles. The van der Waals surface area contributed by atoms with Crippen LogP contribution in [-0.4, -0.2) is 0 Å². The average molecular weight is 324 g/mol. The van der Waals surface area contributed by atoms with Crippen LogP contribution in [0.15, 0.2) is 65.1 Å². The topological polar surface area (TPSA) is 12.0 Å². The first kappa shape index (κ1) is 12.0. The Morgan fingerprint density at radius 1 is 0.900 bits per heavy atom. The fraction of sp³-hybridized carbons (Fsp3) is 0.111. The SMILES string of the molecule is Brc1ccc(C2Cc3cc4ccccc4cc3N2)cc1. The van der Waals surface area contributed by atoms with Gasteiger partial charge in [-0.05, 0) is 52.6 Å². The molecule has 0 bridgehead atoms. The highest BCUT2D eigenvalue weighted by molar-refractivity contribution is 9.10. The van der Waals surface area contributed by atoms with Crippen LogP contribution in [0.5, 0.6) is 0 Å². The molecule has 0 amide bonds. The lowest BCUT2D eigenvalue weighted by Gasteiger charge is -2.11. The van der Waals surface area contributed by atoms with Gasteiger partial charge in [-0.2, -0.15) is 0 Å². The Bertz CT molecular complexity index is 733. The molecule has 20 heavy (non-hydrogen) atoms. The first-order valence-electron chi connectivity index (χ1n) is 6.83. The van der Waals surface area contributed by atoms with Crippen molar-refractivity contribution in [3.63, 3.8) is 0 Å². The van der Waals surface area contributed by atoms with E-state index in [4.69, 9.17) is 0 Å². The molecule has 3 aromatic carbocycles. The highest BCUT2D eigenvalue weighted by Crippen LogP contribution is 2.36. The molecule has 1 heterocycles. The van der Waals surface area contributed by atoms with Gasteiger partial charge in [-0.3, -0.25) is 0 Å². The molecule has 0 radical (unpaired) electrons. The van der Waals surface area contributed by atoms with Crippen molar-refractivity contribution < 1.29 is 0 Å². The van der Waals surface area contributed by atoms with E-state index < -0.39 is 0 Å². The molecule has 1 atom stereocenters. The van der Waals surface area contributed by atoms with E-state index in [1.54, 1.807) is 0 Å². The smallest absolute Gasteiger partial charge is 0.0555 e. The fourth-order valence-electron chi connectivity index (χ4n) is 2.95. The van der Waals surface area contributed by atoms with Gasteiger partial charge in [0, 0.05) is 10.2 Å². The summed E-state index contributed by atoms with van der Waals surface area (Å²) in [4.78, 5) is 0. The van der Waals surface area contributed by atoms with Crippen molar-refractivity contribution in [1.29, 1.82) is 0 Å². The molecular weight excluding hydrogens is 310 g/mol. The molecule has 1 nitrogen and oxygen atoms in total. The van der Waals surface area contributed by atoms with Crippen LogP contribution in [0, 0.1) is 0 Å². The molecule has 1 aliphatic heterocycles. The zero-order valence-electron chi connectivity index (χ0n) is 10.9. The van der Waals surface area contributed by atoms with Gasteiger partial charge < -0.3 is 5.32 Å². The second kappa shape index (κ2) is 4.64. The molecule has 2 heteroatoms. The lowest BCUT2D eigenvalue weighted by molar-refractivity contribution is 0.824. The molecule has 1 N–H and O–H groups in total. The van der Waals surface area contributed by atoms with Crippen LogP contribution >= 0.6 is 15.9 Å². The van der Waals surface area contributed by atoms with Crippen LogP contribution in [0.25, 0.3) is 10.8 Å². The molecular formula is C18H14BrN. The number of fused-ring (bicyclic) bond motifs is 2. The number of rotatable bonds is 1. The molecule has 3 aromatic rings. The van der Waals surface area contributed by atoms with E-state index in [2.05, 4.69) is 81.9 Å². The number of hydrogen-bond donors (Lipinski definition) is 1. The van der Waals surface area contributed by atoms with Gasteiger partial charge in [0.2, 0.25) is 0 Å². The van der Waals surface area contributed by atoms with Gasteiger partial charge in [-0.25, -0.2) is 0 Å². The molecule has 0 aromatic heterocycles. The third kappa shape index (κ3) is 2.01. The van der Waals surface area contributed by atoms with E-state index in [0.717, 1.165) is 10.9 Å². The van der Waals surface area contributed by atoms with E-state index in [9.17, 15) is 0 Å². The normalized spacial score (nSPS) is 16.9. The number of benzene rings is 3. The first-order chi connectivity index (χ1) is 9.79. The van der Waals surface area contributed by atoms with Crippen molar-refractivity contribution >= 4 is 32.4 Å². The van der Waals surface area contributed by atoms with Crippen molar-refractivity contribution in [2.75, 3.05) is 5.32 Å². The molecule has 1 aliphatic rings. The number of nitrogens with one attached hydrogen (secondary N) is 1. The number of hydrogen-bond acceptors (Lipinski definition) is 1. The number of halogens is 1. The predicted octanol–water partition coefficient (Wildman–Crippen LogP) is 5.31. The molecule has 4 rings (SSSR count). The average Bonchev–Trinajstić information content (AvgIpc) is 2.88. The van der Waals surface area contributed by atoms with Crippen molar-refractivity contribution in [3.05, 3.63) is 76.3 Å². The summed E-state index contributed by atoms with van der Waals surface area (Å²) in [7, 11) is 0. The quantitative estimate of drug-likeness (QED) is 0.639. The number of anilines is 1. The summed E-state index contributed by atoms with van der Waals surface area (Å²) in [5, 5.41) is 6.27. The van der Waals surface area contributed by atoms with Gasteiger partial charge in [0.25, 0.3) is 0 Å². The van der Waals surface area contributed by atoms with E-state index >= 15 is 0 Å². The largest absolute Gasteiger partial charge is 0.378 e. The first-order valence-corrected chi connectivity index (χ1v) is 7.62. The molecule has 0 saturated carbocycles. The third-order valence-electron chi connectivity index (χ3n) is 4.00. The molecule has 98 valence electrons. The zero-order chi connectivity index (χ0) is 13.5. The minimum absolute atomic E-state index is 0.384. The van der Waals surface area contributed by atoms with Crippen LogP contribution in [-0.2, 0) is 6.42 Å².